The number of hydrazone groups is 1. The van der Waals surface area contributed by atoms with Gasteiger partial charge >= 0.3 is 0 Å². The molecule has 4 heteroatoms. The van der Waals surface area contributed by atoms with Gasteiger partial charge in [-0.1, -0.05) is 54.6 Å². The van der Waals surface area contributed by atoms with Crippen molar-refractivity contribution in [2.45, 2.75) is 18.7 Å². The van der Waals surface area contributed by atoms with Gasteiger partial charge in [0.1, 0.15) is 11.5 Å². The molecule has 4 aromatic carbocycles. The summed E-state index contributed by atoms with van der Waals surface area (Å²) < 4.78 is 11.8. The number of fused-ring (bicyclic) bond motifs is 4. The van der Waals surface area contributed by atoms with Crippen molar-refractivity contribution in [2.75, 3.05) is 7.11 Å². The number of methoxy groups -OCH3 is 1. The summed E-state index contributed by atoms with van der Waals surface area (Å²) in [7, 11) is 1.68. The lowest BCUT2D eigenvalue weighted by Gasteiger charge is -2.38. The van der Waals surface area contributed by atoms with Crippen LogP contribution in [0, 0.1) is 0 Å². The summed E-state index contributed by atoms with van der Waals surface area (Å²) in [4.78, 5) is 0. The number of hydrogen-bond acceptors (Lipinski definition) is 4. The predicted molar refractivity (Wildman–Crippen MR) is 122 cm³/mol. The SMILES string of the molecule is COc1ccc(C2Oc3ccccc3C3CC(c4ccc5ccccc5c4)=NN32)cc1. The smallest absolute Gasteiger partial charge is 0.213 e. The van der Waals surface area contributed by atoms with Crippen molar-refractivity contribution in [3.63, 3.8) is 0 Å². The van der Waals surface area contributed by atoms with Crippen LogP contribution in [0.1, 0.15) is 35.4 Å². The zero-order valence-corrected chi connectivity index (χ0v) is 17.2. The van der Waals surface area contributed by atoms with E-state index in [0.717, 1.165) is 29.2 Å². The van der Waals surface area contributed by atoms with E-state index >= 15 is 0 Å². The Morgan fingerprint density at radius 2 is 1.65 bits per heavy atom. The maximum Gasteiger partial charge on any atom is 0.213 e. The molecule has 6 rings (SSSR count). The van der Waals surface area contributed by atoms with E-state index < -0.39 is 0 Å². The van der Waals surface area contributed by atoms with Gasteiger partial charge in [0, 0.05) is 17.5 Å². The highest BCUT2D eigenvalue weighted by Gasteiger charge is 2.40. The molecule has 0 fully saturated rings. The molecule has 0 aromatic heterocycles. The molecule has 0 spiro atoms. The molecule has 2 aliphatic rings. The van der Waals surface area contributed by atoms with Crippen LogP contribution in [0.25, 0.3) is 10.8 Å². The zero-order valence-electron chi connectivity index (χ0n) is 17.2. The van der Waals surface area contributed by atoms with Crippen LogP contribution in [-0.2, 0) is 0 Å². The van der Waals surface area contributed by atoms with E-state index in [2.05, 4.69) is 77.8 Å². The Kier molecular flexibility index (Phi) is 4.17. The minimum Gasteiger partial charge on any atom is -0.497 e. The predicted octanol–water partition coefficient (Wildman–Crippen LogP) is 6.09. The molecule has 0 saturated carbocycles. The van der Waals surface area contributed by atoms with Crippen LogP contribution in [-0.4, -0.2) is 17.8 Å². The highest BCUT2D eigenvalue weighted by molar-refractivity contribution is 6.04. The second-order valence-corrected chi connectivity index (χ2v) is 7.99. The van der Waals surface area contributed by atoms with Gasteiger partial charge in [0.15, 0.2) is 0 Å². The molecule has 31 heavy (non-hydrogen) atoms. The van der Waals surface area contributed by atoms with Crippen molar-refractivity contribution < 1.29 is 9.47 Å². The Morgan fingerprint density at radius 3 is 2.48 bits per heavy atom. The first-order valence-corrected chi connectivity index (χ1v) is 10.5. The summed E-state index contributed by atoms with van der Waals surface area (Å²) >= 11 is 0. The van der Waals surface area contributed by atoms with Gasteiger partial charge in [-0.25, -0.2) is 5.01 Å². The van der Waals surface area contributed by atoms with Crippen LogP contribution in [0.5, 0.6) is 11.5 Å². The summed E-state index contributed by atoms with van der Waals surface area (Å²) in [5.41, 5.74) is 4.50. The van der Waals surface area contributed by atoms with Crippen molar-refractivity contribution in [1.29, 1.82) is 0 Å². The van der Waals surface area contributed by atoms with Crippen LogP contribution in [0.2, 0.25) is 0 Å². The third-order valence-electron chi connectivity index (χ3n) is 6.18. The van der Waals surface area contributed by atoms with Gasteiger partial charge < -0.3 is 9.47 Å². The van der Waals surface area contributed by atoms with Gasteiger partial charge in [-0.2, -0.15) is 5.10 Å². The largest absolute Gasteiger partial charge is 0.497 e. The molecule has 4 nitrogen and oxygen atoms in total. The number of hydrogen-bond donors (Lipinski definition) is 0. The zero-order chi connectivity index (χ0) is 20.8. The Hall–Kier alpha value is -3.79. The van der Waals surface area contributed by atoms with Crippen LogP contribution < -0.4 is 9.47 Å². The number of nitrogens with zero attached hydrogens (tertiary/aromatic N) is 2. The Bertz CT molecular complexity index is 1300. The molecule has 0 bridgehead atoms. The lowest BCUT2D eigenvalue weighted by Crippen LogP contribution is -2.33. The maximum absolute atomic E-state index is 6.44. The maximum atomic E-state index is 6.44. The van der Waals surface area contributed by atoms with E-state index in [1.165, 1.54) is 21.9 Å². The summed E-state index contributed by atoms with van der Waals surface area (Å²) in [5.74, 6) is 1.76. The average Bonchev–Trinajstić information content (AvgIpc) is 3.29. The lowest BCUT2D eigenvalue weighted by molar-refractivity contribution is -0.0190. The molecule has 152 valence electrons. The topological polar surface area (TPSA) is 34.1 Å². The Morgan fingerprint density at radius 1 is 0.871 bits per heavy atom. The van der Waals surface area contributed by atoms with E-state index in [-0.39, 0.29) is 12.3 Å². The monoisotopic (exact) mass is 406 g/mol. The molecule has 4 aromatic rings. The number of ether oxygens (including phenoxy) is 2. The van der Waals surface area contributed by atoms with Crippen LogP contribution in [0.4, 0.5) is 0 Å². The molecule has 2 aliphatic heterocycles. The second kappa shape index (κ2) is 7.17. The lowest BCUT2D eigenvalue weighted by atomic mass is 9.95. The first-order chi connectivity index (χ1) is 15.3. The molecule has 2 heterocycles. The van der Waals surface area contributed by atoms with Crippen molar-refractivity contribution in [1.82, 2.24) is 5.01 Å². The Balaban J connectivity index is 1.43. The van der Waals surface area contributed by atoms with Crippen LogP contribution in [0.15, 0.2) is 96.1 Å². The van der Waals surface area contributed by atoms with Gasteiger partial charge in [-0.15, -0.1) is 0 Å². The third kappa shape index (κ3) is 3.03. The van der Waals surface area contributed by atoms with Crippen molar-refractivity contribution in [3.8, 4) is 11.5 Å². The summed E-state index contributed by atoms with van der Waals surface area (Å²) in [6, 6.07) is 31.5. The minimum atomic E-state index is -0.274. The first kappa shape index (κ1) is 18.0. The van der Waals surface area contributed by atoms with Crippen molar-refractivity contribution in [2.24, 2.45) is 5.10 Å². The first-order valence-electron chi connectivity index (χ1n) is 10.5. The fraction of sp³-hybridized carbons (Fsp3) is 0.148. The highest BCUT2D eigenvalue weighted by atomic mass is 16.5. The molecular weight excluding hydrogens is 384 g/mol. The van der Waals surface area contributed by atoms with Gasteiger partial charge in [-0.05, 0) is 52.7 Å². The Labute approximate surface area is 181 Å². The molecule has 2 unspecified atom stereocenters. The normalized spacial score (nSPS) is 19.4. The van der Waals surface area contributed by atoms with Gasteiger partial charge in [0.05, 0.1) is 18.9 Å². The van der Waals surface area contributed by atoms with Crippen LogP contribution >= 0.6 is 0 Å². The van der Waals surface area contributed by atoms with E-state index in [1.54, 1.807) is 7.11 Å². The quantitative estimate of drug-likeness (QED) is 0.413. The van der Waals surface area contributed by atoms with Crippen molar-refractivity contribution >= 4 is 16.5 Å². The fourth-order valence-electron chi connectivity index (χ4n) is 4.57. The van der Waals surface area contributed by atoms with Crippen LogP contribution in [0.3, 0.4) is 0 Å². The standard InChI is InChI=1S/C27H22N2O2/c1-30-22-14-12-19(13-15-22)27-29-25(23-8-4-5-9-26(23)31-27)17-24(28-29)21-11-10-18-6-2-3-7-20(18)16-21/h2-16,25,27H,17H2,1H3. The van der Waals surface area contributed by atoms with E-state index in [9.17, 15) is 0 Å². The summed E-state index contributed by atoms with van der Waals surface area (Å²) in [5, 5.41) is 9.68. The second-order valence-electron chi connectivity index (χ2n) is 7.99. The molecule has 0 saturated heterocycles. The molecule has 0 radical (unpaired) electrons. The van der Waals surface area contributed by atoms with Gasteiger partial charge in [0.2, 0.25) is 6.23 Å². The average molecular weight is 406 g/mol. The van der Waals surface area contributed by atoms with Gasteiger partial charge in [0.25, 0.3) is 0 Å². The highest BCUT2D eigenvalue weighted by Crippen LogP contribution is 2.47. The summed E-state index contributed by atoms with van der Waals surface area (Å²) in [6.07, 6.45) is 0.578. The van der Waals surface area contributed by atoms with Gasteiger partial charge in [-0.3, -0.25) is 0 Å². The fourth-order valence-corrected chi connectivity index (χ4v) is 4.57. The molecule has 2 atom stereocenters. The third-order valence-corrected chi connectivity index (χ3v) is 6.18. The summed E-state index contributed by atoms with van der Waals surface area (Å²) in [6.45, 7) is 0. The molecule has 0 N–H and O–H groups in total. The number of para-hydroxylation sites is 1. The number of benzene rings is 4. The van der Waals surface area contributed by atoms with E-state index in [4.69, 9.17) is 14.6 Å². The molecular formula is C27H22N2O2. The number of rotatable bonds is 3. The van der Waals surface area contributed by atoms with Crippen molar-refractivity contribution in [3.05, 3.63) is 108 Å². The van der Waals surface area contributed by atoms with E-state index in [0.29, 0.717) is 0 Å². The molecule has 0 aliphatic carbocycles. The van der Waals surface area contributed by atoms with E-state index in [1.807, 2.05) is 18.2 Å². The molecule has 0 amide bonds. The minimum absolute atomic E-state index is 0.151.